The molecule has 0 saturated carbocycles. The number of anilines is 1. The van der Waals surface area contributed by atoms with Crippen molar-refractivity contribution in [2.24, 2.45) is 0 Å². The van der Waals surface area contributed by atoms with Gasteiger partial charge in [-0.1, -0.05) is 18.2 Å². The zero-order valence-corrected chi connectivity index (χ0v) is 8.66. The first-order valence-corrected chi connectivity index (χ1v) is 4.73. The molecule has 1 aromatic heterocycles. The highest BCUT2D eigenvalue weighted by atomic mass is 16.5. The smallest absolute Gasteiger partial charge is 0.443 e. The van der Waals surface area contributed by atoms with Crippen LogP contribution in [0.3, 0.4) is 0 Å². The van der Waals surface area contributed by atoms with E-state index >= 15 is 0 Å². The van der Waals surface area contributed by atoms with Gasteiger partial charge in [-0.25, -0.2) is 14.2 Å². The van der Waals surface area contributed by atoms with Crippen molar-refractivity contribution in [3.8, 4) is 0 Å². The quantitative estimate of drug-likeness (QED) is 0.784. The number of benzene rings is 1. The molecule has 0 unspecified atom stereocenters. The molecular formula is C10H9N3O4. The van der Waals surface area contributed by atoms with E-state index in [1.165, 1.54) is 6.07 Å². The number of nitrogen functional groups attached to an aromatic ring is 1. The Morgan fingerprint density at radius 3 is 2.76 bits per heavy atom. The van der Waals surface area contributed by atoms with Crippen LogP contribution in [0.4, 0.5) is 5.95 Å². The molecule has 0 spiro atoms. The van der Waals surface area contributed by atoms with Crippen molar-refractivity contribution in [3.05, 3.63) is 45.9 Å². The summed E-state index contributed by atoms with van der Waals surface area (Å²) >= 11 is 0. The second-order valence-electron chi connectivity index (χ2n) is 3.36. The van der Waals surface area contributed by atoms with Gasteiger partial charge in [-0.15, -0.1) is 0 Å². The summed E-state index contributed by atoms with van der Waals surface area (Å²) < 4.78 is 5.41. The average Bonchev–Trinajstić information content (AvgIpc) is 2.61. The van der Waals surface area contributed by atoms with Crippen molar-refractivity contribution in [2.75, 3.05) is 5.73 Å². The van der Waals surface area contributed by atoms with Crippen LogP contribution in [0.2, 0.25) is 0 Å². The maximum absolute atomic E-state index is 11.2. The van der Waals surface area contributed by atoms with E-state index in [1.807, 2.05) is 0 Å². The molecule has 0 radical (unpaired) electrons. The highest BCUT2D eigenvalue weighted by Gasteiger charge is 2.13. The van der Waals surface area contributed by atoms with E-state index in [9.17, 15) is 9.59 Å². The van der Waals surface area contributed by atoms with Gasteiger partial charge in [0.1, 0.15) is 0 Å². The van der Waals surface area contributed by atoms with Crippen LogP contribution in [-0.2, 0) is 6.54 Å². The fraction of sp³-hybridized carbons (Fsp3) is 0.100. The Balaban J connectivity index is 2.43. The molecule has 0 saturated heterocycles. The van der Waals surface area contributed by atoms with Crippen LogP contribution in [-0.4, -0.2) is 20.8 Å². The van der Waals surface area contributed by atoms with E-state index in [-0.39, 0.29) is 18.1 Å². The summed E-state index contributed by atoms with van der Waals surface area (Å²) in [6.07, 6.45) is 0. The number of aromatic carboxylic acids is 1. The van der Waals surface area contributed by atoms with Crippen LogP contribution < -0.4 is 11.5 Å². The highest BCUT2D eigenvalue weighted by Crippen LogP contribution is 2.11. The van der Waals surface area contributed by atoms with Crippen molar-refractivity contribution in [3.63, 3.8) is 0 Å². The lowest BCUT2D eigenvalue weighted by molar-refractivity contribution is 0.0695. The van der Waals surface area contributed by atoms with Crippen LogP contribution in [0.15, 0.2) is 33.6 Å². The fourth-order valence-corrected chi connectivity index (χ4v) is 1.46. The first-order valence-electron chi connectivity index (χ1n) is 4.73. The lowest BCUT2D eigenvalue weighted by atomic mass is 10.1. The summed E-state index contributed by atoms with van der Waals surface area (Å²) in [4.78, 5) is 22.2. The van der Waals surface area contributed by atoms with Gasteiger partial charge < -0.3 is 10.8 Å². The van der Waals surface area contributed by atoms with Gasteiger partial charge in [0, 0.05) is 0 Å². The lowest BCUT2D eigenvalue weighted by Gasteiger charge is -2.05. The average molecular weight is 235 g/mol. The van der Waals surface area contributed by atoms with E-state index in [0.717, 1.165) is 4.57 Å². The summed E-state index contributed by atoms with van der Waals surface area (Å²) in [6, 6.07) is 6.33. The Labute approximate surface area is 95.1 Å². The van der Waals surface area contributed by atoms with E-state index < -0.39 is 11.7 Å². The zero-order chi connectivity index (χ0) is 12.4. The molecule has 0 fully saturated rings. The lowest BCUT2D eigenvalue weighted by Crippen LogP contribution is -2.18. The molecule has 0 bridgehead atoms. The summed E-state index contributed by atoms with van der Waals surface area (Å²) in [6.45, 7) is 0.0106. The number of carboxylic acids is 1. The van der Waals surface area contributed by atoms with Gasteiger partial charge in [-0.3, -0.25) is 4.52 Å². The molecule has 7 heteroatoms. The number of carbonyl (C=O) groups is 1. The Morgan fingerprint density at radius 2 is 2.18 bits per heavy atom. The third-order valence-corrected chi connectivity index (χ3v) is 2.29. The minimum Gasteiger partial charge on any atom is -0.478 e. The normalized spacial score (nSPS) is 10.4. The number of aromatic nitrogens is 2. The van der Waals surface area contributed by atoms with Crippen LogP contribution in [0, 0.1) is 0 Å². The van der Waals surface area contributed by atoms with Gasteiger partial charge in [-0.05, 0) is 16.8 Å². The Hall–Kier alpha value is -2.57. The number of hydrogen-bond donors (Lipinski definition) is 2. The van der Waals surface area contributed by atoms with E-state index in [4.69, 9.17) is 10.8 Å². The molecule has 0 aliphatic heterocycles. The minimum absolute atomic E-state index is 0.0106. The molecule has 0 amide bonds. The van der Waals surface area contributed by atoms with Crippen molar-refractivity contribution in [1.29, 1.82) is 0 Å². The molecular weight excluding hydrogens is 226 g/mol. The van der Waals surface area contributed by atoms with Gasteiger partial charge in [0.15, 0.2) is 0 Å². The number of hydrogen-bond acceptors (Lipinski definition) is 5. The molecule has 2 rings (SSSR count). The first-order chi connectivity index (χ1) is 8.09. The second-order valence-corrected chi connectivity index (χ2v) is 3.36. The maximum Gasteiger partial charge on any atom is 0.443 e. The van der Waals surface area contributed by atoms with Crippen LogP contribution in [0.5, 0.6) is 0 Å². The first kappa shape index (κ1) is 10.9. The van der Waals surface area contributed by atoms with Gasteiger partial charge in [0.05, 0.1) is 12.1 Å². The minimum atomic E-state index is -1.07. The molecule has 2 aromatic rings. The van der Waals surface area contributed by atoms with Crippen LogP contribution >= 0.6 is 0 Å². The summed E-state index contributed by atoms with van der Waals surface area (Å²) in [7, 11) is 0. The maximum atomic E-state index is 11.2. The molecule has 7 nitrogen and oxygen atoms in total. The number of carboxylic acid groups (broad SMARTS) is 1. The number of nitrogens with two attached hydrogens (primary N) is 1. The highest BCUT2D eigenvalue weighted by molar-refractivity contribution is 5.89. The second kappa shape index (κ2) is 4.12. The molecule has 0 atom stereocenters. The van der Waals surface area contributed by atoms with Crippen molar-refractivity contribution < 1.29 is 14.4 Å². The van der Waals surface area contributed by atoms with Gasteiger partial charge >= 0.3 is 11.7 Å². The topological polar surface area (TPSA) is 111 Å². The molecule has 17 heavy (non-hydrogen) atoms. The molecule has 1 aromatic carbocycles. The Bertz CT molecular complexity index is 614. The summed E-state index contributed by atoms with van der Waals surface area (Å²) in [5, 5.41) is 12.3. The van der Waals surface area contributed by atoms with Gasteiger partial charge in [0.2, 0.25) is 5.95 Å². The van der Waals surface area contributed by atoms with E-state index in [2.05, 4.69) is 9.68 Å². The number of nitrogens with zero attached hydrogens (tertiary/aromatic N) is 2. The molecule has 88 valence electrons. The third kappa shape index (κ3) is 2.03. The Morgan fingerprint density at radius 1 is 1.47 bits per heavy atom. The Kier molecular flexibility index (Phi) is 2.65. The standard InChI is InChI=1S/C10H9N3O4/c11-9-12-17-10(16)13(9)5-6-3-1-2-4-7(6)8(14)15/h1-4H,5H2,(H2,11,12)(H,14,15). The van der Waals surface area contributed by atoms with Crippen molar-refractivity contribution >= 4 is 11.9 Å². The van der Waals surface area contributed by atoms with E-state index in [1.54, 1.807) is 18.2 Å². The molecule has 0 aliphatic rings. The predicted octanol–water partition coefficient (Wildman–Crippen LogP) is 0.165. The molecule has 0 aliphatic carbocycles. The molecule has 1 heterocycles. The fourth-order valence-electron chi connectivity index (χ4n) is 1.46. The van der Waals surface area contributed by atoms with Crippen LogP contribution in [0.1, 0.15) is 15.9 Å². The van der Waals surface area contributed by atoms with Gasteiger partial charge in [0.25, 0.3) is 0 Å². The zero-order valence-electron chi connectivity index (χ0n) is 8.66. The van der Waals surface area contributed by atoms with E-state index in [0.29, 0.717) is 5.56 Å². The largest absolute Gasteiger partial charge is 0.478 e. The summed E-state index contributed by atoms with van der Waals surface area (Å²) in [5.74, 6) is -1.87. The van der Waals surface area contributed by atoms with Gasteiger partial charge in [-0.2, -0.15) is 0 Å². The third-order valence-electron chi connectivity index (χ3n) is 2.29. The predicted molar refractivity (Wildman–Crippen MR) is 57.7 cm³/mol. The van der Waals surface area contributed by atoms with Crippen molar-refractivity contribution in [2.45, 2.75) is 6.54 Å². The SMILES string of the molecule is Nc1noc(=O)n1Cc1ccccc1C(=O)O. The molecule has 3 N–H and O–H groups in total. The number of rotatable bonds is 3. The van der Waals surface area contributed by atoms with Crippen molar-refractivity contribution in [1.82, 2.24) is 9.72 Å². The summed E-state index contributed by atoms with van der Waals surface area (Å²) in [5.41, 5.74) is 5.99. The monoisotopic (exact) mass is 235 g/mol. The van der Waals surface area contributed by atoms with Crippen LogP contribution in [0.25, 0.3) is 0 Å².